The molecule has 6 nitrogen and oxygen atoms in total. The van der Waals surface area contributed by atoms with E-state index in [-0.39, 0.29) is 23.3 Å². The van der Waals surface area contributed by atoms with Crippen LogP contribution in [0.3, 0.4) is 0 Å². The summed E-state index contributed by atoms with van der Waals surface area (Å²) in [5.41, 5.74) is -0.618. The van der Waals surface area contributed by atoms with E-state index in [9.17, 15) is 14.4 Å². The minimum Gasteiger partial charge on any atom is -0.481 e. The fraction of sp³-hybridized carbons (Fsp3) is 0.533. The van der Waals surface area contributed by atoms with Crippen LogP contribution in [0.1, 0.15) is 48.9 Å². The van der Waals surface area contributed by atoms with Crippen molar-refractivity contribution in [2.75, 3.05) is 6.54 Å². The van der Waals surface area contributed by atoms with Gasteiger partial charge in [0, 0.05) is 12.6 Å². The molecule has 1 amide bonds. The molecule has 6 heteroatoms. The lowest BCUT2D eigenvalue weighted by atomic mass is 9.71. The van der Waals surface area contributed by atoms with E-state index in [1.807, 2.05) is 0 Å². The van der Waals surface area contributed by atoms with E-state index in [0.29, 0.717) is 6.54 Å². The van der Waals surface area contributed by atoms with Crippen LogP contribution in [0, 0.1) is 5.41 Å². The first-order chi connectivity index (χ1) is 10.0. The summed E-state index contributed by atoms with van der Waals surface area (Å²) in [4.78, 5) is 33.9. The van der Waals surface area contributed by atoms with Gasteiger partial charge >= 0.3 is 11.6 Å². The normalized spacial score (nSPS) is 17.1. The Morgan fingerprint density at radius 3 is 2.52 bits per heavy atom. The number of aliphatic carboxylic acids is 1. The summed E-state index contributed by atoms with van der Waals surface area (Å²) in [6.07, 6.45) is 5.89. The molecule has 0 saturated heterocycles. The molecule has 1 fully saturated rings. The average Bonchev–Trinajstić information content (AvgIpc) is 2.46. The molecule has 1 aromatic rings. The Balaban J connectivity index is 2.00. The number of carbonyl (C=O) groups excluding carboxylic acids is 1. The van der Waals surface area contributed by atoms with Gasteiger partial charge in [-0.1, -0.05) is 19.3 Å². The third-order valence-corrected chi connectivity index (χ3v) is 4.03. The van der Waals surface area contributed by atoms with Crippen molar-refractivity contribution in [1.82, 2.24) is 5.32 Å². The molecule has 0 aromatic carbocycles. The summed E-state index contributed by atoms with van der Waals surface area (Å²) in [5, 5.41) is 11.9. The molecule has 21 heavy (non-hydrogen) atoms. The van der Waals surface area contributed by atoms with E-state index in [1.54, 1.807) is 0 Å². The van der Waals surface area contributed by atoms with Crippen molar-refractivity contribution in [2.24, 2.45) is 5.41 Å². The van der Waals surface area contributed by atoms with Crippen LogP contribution < -0.4 is 10.9 Å². The SMILES string of the molecule is O=C(O)CC1(CNC(=O)c2ccc(=O)oc2)CCCCC1. The zero-order valence-electron chi connectivity index (χ0n) is 11.8. The van der Waals surface area contributed by atoms with Gasteiger partial charge in [-0.05, 0) is 24.3 Å². The molecule has 0 atom stereocenters. The van der Waals surface area contributed by atoms with Crippen LogP contribution in [0.5, 0.6) is 0 Å². The third-order valence-electron chi connectivity index (χ3n) is 4.03. The smallest absolute Gasteiger partial charge is 0.335 e. The Labute approximate surface area is 122 Å². The molecule has 1 aliphatic rings. The molecule has 1 aliphatic carbocycles. The lowest BCUT2D eigenvalue weighted by molar-refractivity contribution is -0.140. The molecule has 114 valence electrons. The van der Waals surface area contributed by atoms with Gasteiger partial charge in [0.05, 0.1) is 12.0 Å². The minimum atomic E-state index is -0.836. The van der Waals surface area contributed by atoms with E-state index in [4.69, 9.17) is 5.11 Å². The maximum atomic E-state index is 12.0. The Morgan fingerprint density at radius 2 is 1.95 bits per heavy atom. The number of carbonyl (C=O) groups is 2. The Kier molecular flexibility index (Phi) is 4.77. The first kappa shape index (κ1) is 15.3. The van der Waals surface area contributed by atoms with Crippen LogP contribution in [0.15, 0.2) is 27.6 Å². The molecular weight excluding hydrogens is 274 g/mol. The van der Waals surface area contributed by atoms with Crippen LogP contribution in [0.4, 0.5) is 0 Å². The number of rotatable bonds is 5. The lowest BCUT2D eigenvalue weighted by Crippen LogP contribution is -2.40. The van der Waals surface area contributed by atoms with Crippen molar-refractivity contribution < 1.29 is 19.1 Å². The first-order valence-corrected chi connectivity index (χ1v) is 7.10. The third kappa shape index (κ3) is 4.18. The highest BCUT2D eigenvalue weighted by atomic mass is 16.4. The highest BCUT2D eigenvalue weighted by molar-refractivity contribution is 5.93. The number of nitrogens with one attached hydrogen (secondary N) is 1. The van der Waals surface area contributed by atoms with Gasteiger partial charge < -0.3 is 14.8 Å². The molecular formula is C15H19NO5. The second kappa shape index (κ2) is 6.56. The molecule has 0 unspecified atom stereocenters. The Hall–Kier alpha value is -2.11. The average molecular weight is 293 g/mol. The summed E-state index contributed by atoms with van der Waals surface area (Å²) in [6.45, 7) is 0.331. The molecule has 2 N–H and O–H groups in total. The fourth-order valence-electron chi connectivity index (χ4n) is 2.90. The number of carboxylic acids is 1. The van der Waals surface area contributed by atoms with Crippen molar-refractivity contribution in [3.8, 4) is 0 Å². The first-order valence-electron chi connectivity index (χ1n) is 7.10. The number of hydrogen-bond donors (Lipinski definition) is 2. The van der Waals surface area contributed by atoms with Crippen molar-refractivity contribution in [2.45, 2.75) is 38.5 Å². The van der Waals surface area contributed by atoms with Gasteiger partial charge in [-0.15, -0.1) is 0 Å². The summed E-state index contributed by atoms with van der Waals surface area (Å²) >= 11 is 0. The standard InChI is InChI=1S/C15H19NO5/c17-12(18)8-15(6-2-1-3-7-15)10-16-14(20)11-4-5-13(19)21-9-11/h4-5,9H,1-3,6-8,10H2,(H,16,20)(H,17,18). The largest absolute Gasteiger partial charge is 0.481 e. The highest BCUT2D eigenvalue weighted by Gasteiger charge is 2.34. The Morgan fingerprint density at radius 1 is 1.24 bits per heavy atom. The van der Waals surface area contributed by atoms with Crippen molar-refractivity contribution in [1.29, 1.82) is 0 Å². The van der Waals surface area contributed by atoms with E-state index >= 15 is 0 Å². The van der Waals surface area contributed by atoms with Crippen LogP contribution in [-0.2, 0) is 4.79 Å². The fourth-order valence-corrected chi connectivity index (χ4v) is 2.90. The summed E-state index contributed by atoms with van der Waals surface area (Å²) in [5.74, 6) is -1.19. The second-order valence-corrected chi connectivity index (χ2v) is 5.66. The number of carboxylic acid groups (broad SMARTS) is 1. The monoisotopic (exact) mass is 293 g/mol. The van der Waals surface area contributed by atoms with Crippen molar-refractivity contribution in [3.05, 3.63) is 34.4 Å². The molecule has 1 saturated carbocycles. The zero-order chi connectivity index (χ0) is 15.3. The lowest BCUT2D eigenvalue weighted by Gasteiger charge is -2.36. The highest BCUT2D eigenvalue weighted by Crippen LogP contribution is 2.38. The maximum Gasteiger partial charge on any atom is 0.335 e. The van der Waals surface area contributed by atoms with Crippen molar-refractivity contribution in [3.63, 3.8) is 0 Å². The van der Waals surface area contributed by atoms with E-state index in [0.717, 1.165) is 38.4 Å². The Bertz CT molecular complexity index is 551. The van der Waals surface area contributed by atoms with Gasteiger partial charge in [-0.25, -0.2) is 4.79 Å². The van der Waals surface area contributed by atoms with E-state index in [1.165, 1.54) is 12.1 Å². The van der Waals surface area contributed by atoms with Gasteiger partial charge in [0.25, 0.3) is 5.91 Å². The predicted molar refractivity (Wildman–Crippen MR) is 75.1 cm³/mol. The number of amides is 1. The zero-order valence-corrected chi connectivity index (χ0v) is 11.8. The number of hydrogen-bond acceptors (Lipinski definition) is 4. The van der Waals surface area contributed by atoms with Crippen LogP contribution in [0.25, 0.3) is 0 Å². The van der Waals surface area contributed by atoms with Gasteiger partial charge in [0.2, 0.25) is 0 Å². The minimum absolute atomic E-state index is 0.0666. The second-order valence-electron chi connectivity index (χ2n) is 5.66. The van der Waals surface area contributed by atoms with Gasteiger partial charge in [-0.3, -0.25) is 9.59 Å². The van der Waals surface area contributed by atoms with E-state index < -0.39 is 11.6 Å². The molecule has 0 bridgehead atoms. The van der Waals surface area contributed by atoms with Crippen LogP contribution in [0.2, 0.25) is 0 Å². The quantitative estimate of drug-likeness (QED) is 0.862. The summed E-state index contributed by atoms with van der Waals surface area (Å²) in [7, 11) is 0. The van der Waals surface area contributed by atoms with Crippen LogP contribution >= 0.6 is 0 Å². The molecule has 0 radical (unpaired) electrons. The molecule has 2 rings (SSSR count). The summed E-state index contributed by atoms with van der Waals surface area (Å²) < 4.78 is 4.65. The molecule has 0 aliphatic heterocycles. The molecule has 0 spiro atoms. The van der Waals surface area contributed by atoms with E-state index in [2.05, 4.69) is 9.73 Å². The van der Waals surface area contributed by atoms with Gasteiger partial charge in [0.1, 0.15) is 6.26 Å². The maximum absolute atomic E-state index is 12.0. The molecule has 1 heterocycles. The molecule has 1 aromatic heterocycles. The van der Waals surface area contributed by atoms with Crippen molar-refractivity contribution >= 4 is 11.9 Å². The predicted octanol–water partition coefficient (Wildman–Crippen LogP) is 1.79. The van der Waals surface area contributed by atoms with Crippen LogP contribution in [-0.4, -0.2) is 23.5 Å². The van der Waals surface area contributed by atoms with Gasteiger partial charge in [0.15, 0.2) is 0 Å². The topological polar surface area (TPSA) is 96.6 Å². The van der Waals surface area contributed by atoms with Gasteiger partial charge in [-0.2, -0.15) is 0 Å². The summed E-state index contributed by atoms with van der Waals surface area (Å²) in [6, 6.07) is 2.58.